The van der Waals surface area contributed by atoms with Gasteiger partial charge in [0.25, 0.3) is 0 Å². The van der Waals surface area contributed by atoms with Crippen LogP contribution in [0.1, 0.15) is 63.5 Å². The number of unbranched alkanes of at least 4 members (excludes halogenated alkanes) is 2. The number of aryl methyl sites for hydroxylation is 2. The second kappa shape index (κ2) is 19.6. The van der Waals surface area contributed by atoms with Crippen molar-refractivity contribution in [1.29, 1.82) is 0 Å². The van der Waals surface area contributed by atoms with Crippen LogP contribution in [0.5, 0.6) is 11.5 Å². The van der Waals surface area contributed by atoms with Gasteiger partial charge in [-0.1, -0.05) is 74.2 Å². The third-order valence-electron chi connectivity index (χ3n) is 7.30. The van der Waals surface area contributed by atoms with Crippen LogP contribution in [-0.4, -0.2) is 63.8 Å². The molecule has 2 unspecified atom stereocenters. The van der Waals surface area contributed by atoms with E-state index >= 15 is 0 Å². The Balaban J connectivity index is 1.99. The fourth-order valence-corrected chi connectivity index (χ4v) is 4.97. The van der Waals surface area contributed by atoms with Gasteiger partial charge in [0.2, 0.25) is 0 Å². The van der Waals surface area contributed by atoms with E-state index in [1.807, 2.05) is 52.0 Å². The molecule has 0 N–H and O–H groups in total. The molecule has 0 aliphatic carbocycles. The van der Waals surface area contributed by atoms with Gasteiger partial charge in [0, 0.05) is 34.4 Å². The first-order chi connectivity index (χ1) is 22.3. The SMILES string of the molecule is C=CCOCC(COc1c2ccc(C)cc2c(OCC(COCC=C)OC(=O)CCCC)c2ccc(C)cc12)OC(=O)CCCC. The Bertz CT molecular complexity index is 1340. The van der Waals surface area contributed by atoms with Crippen LogP contribution in [0.2, 0.25) is 0 Å². The molecule has 3 aromatic rings. The summed E-state index contributed by atoms with van der Waals surface area (Å²) in [6, 6.07) is 12.2. The number of esters is 2. The Morgan fingerprint density at radius 2 is 1.07 bits per heavy atom. The van der Waals surface area contributed by atoms with Crippen molar-refractivity contribution in [2.24, 2.45) is 0 Å². The lowest BCUT2D eigenvalue weighted by molar-refractivity contribution is -0.154. The zero-order valence-corrected chi connectivity index (χ0v) is 27.9. The van der Waals surface area contributed by atoms with E-state index in [1.165, 1.54) is 0 Å². The van der Waals surface area contributed by atoms with Gasteiger partial charge in [0.05, 0.1) is 26.4 Å². The van der Waals surface area contributed by atoms with Crippen LogP contribution < -0.4 is 9.47 Å². The smallest absolute Gasteiger partial charge is 0.306 e. The standard InChI is InChI=1S/C38H50O8/c1-7-11-13-35(39)45-29(23-41-19-9-3)25-43-37-31-17-15-28(6)22-34(31)38(32-18-16-27(5)21-33(32)37)44-26-30(24-42-20-10-4)46-36(40)14-12-8-2/h9-10,15-18,21-22,29-30H,3-4,7-8,11-14,19-20,23-26H2,1-2,5-6H3. The number of carbonyl (C=O) groups is 2. The molecule has 0 aliphatic heterocycles. The van der Waals surface area contributed by atoms with Crippen LogP contribution in [0.3, 0.4) is 0 Å². The van der Waals surface area contributed by atoms with E-state index in [2.05, 4.69) is 25.3 Å². The molecule has 8 nitrogen and oxygen atoms in total. The van der Waals surface area contributed by atoms with Crippen molar-refractivity contribution in [2.45, 2.75) is 78.4 Å². The van der Waals surface area contributed by atoms with E-state index in [9.17, 15) is 9.59 Å². The van der Waals surface area contributed by atoms with Crippen LogP contribution in [0.4, 0.5) is 0 Å². The Labute approximate surface area is 273 Å². The lowest BCUT2D eigenvalue weighted by Crippen LogP contribution is -2.30. The summed E-state index contributed by atoms with van der Waals surface area (Å²) in [7, 11) is 0. The maximum Gasteiger partial charge on any atom is 0.306 e. The first-order valence-electron chi connectivity index (χ1n) is 16.3. The van der Waals surface area contributed by atoms with Gasteiger partial charge in [-0.25, -0.2) is 0 Å². The Morgan fingerprint density at radius 1 is 0.652 bits per heavy atom. The molecule has 0 spiro atoms. The van der Waals surface area contributed by atoms with E-state index in [-0.39, 0.29) is 38.4 Å². The predicted molar refractivity (Wildman–Crippen MR) is 183 cm³/mol. The highest BCUT2D eigenvalue weighted by Crippen LogP contribution is 2.43. The largest absolute Gasteiger partial charge is 0.488 e. The minimum atomic E-state index is -0.598. The topological polar surface area (TPSA) is 89.5 Å². The zero-order chi connectivity index (χ0) is 33.3. The minimum Gasteiger partial charge on any atom is -0.488 e. The van der Waals surface area contributed by atoms with Crippen LogP contribution in [0.15, 0.2) is 61.7 Å². The number of fused-ring (bicyclic) bond motifs is 2. The lowest BCUT2D eigenvalue weighted by atomic mass is 9.97. The van der Waals surface area contributed by atoms with Gasteiger partial charge in [-0.2, -0.15) is 0 Å². The molecule has 0 aliphatic rings. The molecule has 46 heavy (non-hydrogen) atoms. The third-order valence-corrected chi connectivity index (χ3v) is 7.30. The van der Waals surface area contributed by atoms with Crippen molar-refractivity contribution in [3.05, 3.63) is 72.8 Å². The summed E-state index contributed by atoms with van der Waals surface area (Å²) in [4.78, 5) is 25.0. The molecule has 0 radical (unpaired) electrons. The number of carbonyl (C=O) groups excluding carboxylic acids is 2. The Hall–Kier alpha value is -3.88. The fraction of sp³-hybridized carbons (Fsp3) is 0.474. The molecule has 0 heterocycles. The normalized spacial score (nSPS) is 12.4. The number of ether oxygens (including phenoxy) is 6. The summed E-state index contributed by atoms with van der Waals surface area (Å²) in [5, 5.41) is 3.41. The first kappa shape index (κ1) is 36.6. The van der Waals surface area contributed by atoms with Gasteiger partial charge in [-0.05, 0) is 38.8 Å². The van der Waals surface area contributed by atoms with E-state index in [0.717, 1.165) is 58.4 Å². The summed E-state index contributed by atoms with van der Waals surface area (Å²) in [5.41, 5.74) is 2.10. The van der Waals surface area contributed by atoms with Crippen molar-refractivity contribution < 1.29 is 38.0 Å². The number of benzene rings is 3. The van der Waals surface area contributed by atoms with Crippen LogP contribution >= 0.6 is 0 Å². The number of hydrogen-bond acceptors (Lipinski definition) is 8. The van der Waals surface area contributed by atoms with Crippen LogP contribution in [0, 0.1) is 13.8 Å². The minimum absolute atomic E-state index is 0.109. The van der Waals surface area contributed by atoms with Gasteiger partial charge in [0.15, 0.2) is 12.2 Å². The molecule has 0 amide bonds. The summed E-state index contributed by atoms with van der Waals surface area (Å²) in [5.74, 6) is 0.779. The maximum absolute atomic E-state index is 12.5. The molecule has 0 bridgehead atoms. The molecule has 250 valence electrons. The first-order valence-corrected chi connectivity index (χ1v) is 16.3. The zero-order valence-electron chi connectivity index (χ0n) is 27.9. The monoisotopic (exact) mass is 634 g/mol. The summed E-state index contributed by atoms with van der Waals surface area (Å²) in [6.07, 6.45) is 6.13. The summed E-state index contributed by atoms with van der Waals surface area (Å²) in [6.45, 7) is 16.8. The van der Waals surface area contributed by atoms with Gasteiger partial charge in [0.1, 0.15) is 24.7 Å². The molecule has 2 atom stereocenters. The third kappa shape index (κ3) is 11.2. The van der Waals surface area contributed by atoms with E-state index < -0.39 is 12.2 Å². The second-order valence-corrected chi connectivity index (χ2v) is 11.5. The van der Waals surface area contributed by atoms with Gasteiger partial charge < -0.3 is 28.4 Å². The van der Waals surface area contributed by atoms with Gasteiger partial charge >= 0.3 is 11.9 Å². The van der Waals surface area contributed by atoms with Crippen molar-refractivity contribution in [3.63, 3.8) is 0 Å². The predicted octanol–water partition coefficient (Wildman–Crippen LogP) is 7.98. The second-order valence-electron chi connectivity index (χ2n) is 11.5. The number of rotatable bonds is 22. The average molecular weight is 635 g/mol. The fourth-order valence-electron chi connectivity index (χ4n) is 4.97. The van der Waals surface area contributed by atoms with Gasteiger partial charge in [-0.3, -0.25) is 9.59 Å². The quantitative estimate of drug-likeness (QED) is 0.0476. The molecule has 3 aromatic carbocycles. The van der Waals surface area contributed by atoms with E-state index in [4.69, 9.17) is 28.4 Å². The molecule has 0 saturated carbocycles. The molecular weight excluding hydrogens is 584 g/mol. The van der Waals surface area contributed by atoms with Crippen molar-refractivity contribution in [3.8, 4) is 11.5 Å². The maximum atomic E-state index is 12.5. The van der Waals surface area contributed by atoms with Crippen molar-refractivity contribution >= 4 is 33.5 Å². The molecule has 0 saturated heterocycles. The van der Waals surface area contributed by atoms with Crippen LogP contribution in [-0.2, 0) is 28.5 Å². The highest BCUT2D eigenvalue weighted by molar-refractivity contribution is 6.11. The molecule has 0 fully saturated rings. The molecule has 8 heteroatoms. The molecule has 0 aromatic heterocycles. The van der Waals surface area contributed by atoms with Crippen LogP contribution in [0.25, 0.3) is 21.5 Å². The number of hydrogen-bond donors (Lipinski definition) is 0. The highest BCUT2D eigenvalue weighted by Gasteiger charge is 2.22. The molecule has 3 rings (SSSR count). The van der Waals surface area contributed by atoms with Crippen molar-refractivity contribution in [2.75, 3.05) is 39.6 Å². The Morgan fingerprint density at radius 3 is 1.43 bits per heavy atom. The summed E-state index contributed by atoms with van der Waals surface area (Å²) >= 11 is 0. The summed E-state index contributed by atoms with van der Waals surface area (Å²) < 4.78 is 35.9. The lowest BCUT2D eigenvalue weighted by Gasteiger charge is -2.23. The average Bonchev–Trinajstić information content (AvgIpc) is 3.04. The van der Waals surface area contributed by atoms with E-state index in [0.29, 0.717) is 37.6 Å². The Kier molecular flexibility index (Phi) is 15.6. The van der Waals surface area contributed by atoms with E-state index in [1.54, 1.807) is 12.2 Å². The van der Waals surface area contributed by atoms with Gasteiger partial charge in [-0.15, -0.1) is 13.2 Å². The molecular formula is C38H50O8. The highest BCUT2D eigenvalue weighted by atomic mass is 16.6. The van der Waals surface area contributed by atoms with Crippen molar-refractivity contribution in [1.82, 2.24) is 0 Å².